The molecule has 0 saturated carbocycles. The molecule has 9 rings (SSSR count). The van der Waals surface area contributed by atoms with E-state index in [2.05, 4.69) is 115 Å². The zero-order chi connectivity index (χ0) is 67.1. The number of nitrogens with zero attached hydrogens (tertiary/aromatic N) is 7. The third-order valence-corrected chi connectivity index (χ3v) is 16.6. The van der Waals surface area contributed by atoms with Crippen LogP contribution in [-0.4, -0.2) is 112 Å². The highest BCUT2D eigenvalue weighted by Gasteiger charge is 2.33. The monoisotopic (exact) mass is 1310 g/mol. The number of Topliss-reactive ketones (excluding diaryl/α,β-unsaturated/α-hetero) is 4. The van der Waals surface area contributed by atoms with E-state index in [9.17, 15) is 39.4 Å². The number of aromatic nitrogens is 2. The fourth-order valence-corrected chi connectivity index (χ4v) is 11.8. The normalized spacial score (nSPS) is 16.3. The number of hydrogen-bond donors (Lipinski definition) is 6. The van der Waals surface area contributed by atoms with Gasteiger partial charge in [0.1, 0.15) is 11.4 Å². The quantitative estimate of drug-likeness (QED) is 0.00791. The van der Waals surface area contributed by atoms with Gasteiger partial charge in [-0.3, -0.25) is 39.4 Å². The van der Waals surface area contributed by atoms with Gasteiger partial charge in [-0.05, 0) is 115 Å². The molecule has 492 valence electrons. The maximum absolute atomic E-state index is 11.9. The van der Waals surface area contributed by atoms with Crippen LogP contribution in [-0.2, 0) is 0 Å². The van der Waals surface area contributed by atoms with Gasteiger partial charge in [-0.15, -0.1) is 26.3 Å². The molecule has 5 heterocycles. The van der Waals surface area contributed by atoms with Gasteiger partial charge < -0.3 is 52.0 Å². The molecule has 1 aromatic heterocycles. The Morgan fingerprint density at radius 3 is 1.45 bits per heavy atom. The number of carbonyl (C=O) groups is 4. The van der Waals surface area contributed by atoms with Gasteiger partial charge in [0.2, 0.25) is 5.95 Å². The number of anilines is 9. The van der Waals surface area contributed by atoms with Crippen molar-refractivity contribution in [2.45, 2.75) is 157 Å². The molecule has 0 saturated heterocycles. The largest absolute Gasteiger partial charge is 0.397 e. The van der Waals surface area contributed by atoms with Crippen LogP contribution in [0.4, 0.5) is 62.8 Å². The fourth-order valence-electron chi connectivity index (χ4n) is 11.3. The first-order valence-electron chi connectivity index (χ1n) is 31.8. The summed E-state index contributed by atoms with van der Waals surface area (Å²) >= 11 is 3.31. The Labute approximate surface area is 545 Å². The van der Waals surface area contributed by atoms with Crippen molar-refractivity contribution in [3.8, 4) is 0 Å². The van der Waals surface area contributed by atoms with Crippen molar-refractivity contribution >= 4 is 113 Å². The molecule has 4 aliphatic heterocycles. The molecule has 0 spiro atoms. The number of imidazole rings is 1. The second-order valence-corrected chi connectivity index (χ2v) is 24.1. The first kappa shape index (κ1) is 73.2. The molecule has 0 aliphatic carbocycles. The molecule has 21 nitrogen and oxygen atoms in total. The molecular formula is C69H96BrN13O8. The molecule has 0 radical (unpaired) electrons. The summed E-state index contributed by atoms with van der Waals surface area (Å²) in [5.74, 6) is 0.262. The lowest BCUT2D eigenvalue weighted by Gasteiger charge is -2.38. The summed E-state index contributed by atoms with van der Waals surface area (Å²) in [7, 11) is 0. The van der Waals surface area contributed by atoms with Crippen molar-refractivity contribution in [2.75, 3.05) is 98.6 Å². The molecule has 4 aliphatic rings. The van der Waals surface area contributed by atoms with E-state index in [4.69, 9.17) is 11.5 Å². The van der Waals surface area contributed by atoms with Crippen LogP contribution in [0.1, 0.15) is 180 Å². The van der Waals surface area contributed by atoms with Crippen LogP contribution >= 0.6 is 15.9 Å². The lowest BCUT2D eigenvalue weighted by atomic mass is 10.0. The Morgan fingerprint density at radius 2 is 0.989 bits per heavy atom. The SMILES string of the molecule is C=CC[C@H]1CN(CCCC)c2cc(C(C)=O)cc(N)c2N1.C=CC[C@H]1CN(CCCC)c2cc(C(C)=O)cc([N+](=O)[O-])c2N1.C=CC[C@H]1CN(CCCC)c2cc(C(C)=O)cc3nc(N)n1c23.C=CC[C@H]1CNc2cc(C(C)=O)cc([N+](=O)[O-])c2N1.CCCCBr. The molecule has 8 N–H and O–H groups in total. The minimum atomic E-state index is -0.476. The predicted molar refractivity (Wildman–Crippen MR) is 380 cm³/mol. The molecule has 5 aromatic rings. The Bertz CT molecular complexity index is 3420. The summed E-state index contributed by atoms with van der Waals surface area (Å²) in [4.78, 5) is 79.6. The molecular weight excluding hydrogens is 1220 g/mol. The Kier molecular flexibility index (Phi) is 28.8. The number of carbonyl (C=O) groups excluding carboxylic acids is 4. The lowest BCUT2D eigenvalue weighted by molar-refractivity contribution is -0.384. The molecule has 4 atom stereocenters. The van der Waals surface area contributed by atoms with E-state index in [0.29, 0.717) is 70.0 Å². The highest BCUT2D eigenvalue weighted by atomic mass is 79.9. The number of nitrogen functional groups attached to an aromatic ring is 2. The number of halogens is 1. The number of nitrogens with one attached hydrogen (secondary N) is 4. The number of rotatable bonds is 25. The molecule has 0 amide bonds. The van der Waals surface area contributed by atoms with Crippen molar-refractivity contribution < 1.29 is 29.0 Å². The van der Waals surface area contributed by atoms with Crippen LogP contribution in [0.5, 0.6) is 0 Å². The second kappa shape index (κ2) is 35.8. The molecule has 0 unspecified atom stereocenters. The van der Waals surface area contributed by atoms with Crippen LogP contribution in [0.3, 0.4) is 0 Å². The standard InChI is InChI=1S/C18H24N4O.C17H23N3O3.C17H25N3O.C13H15N3O3.C4H9Br/c1-4-6-8-21-11-14(7-5-2)22-17-15(20-18(22)19)9-13(12(3)23)10-16(17)21;1-4-6-8-19-11-14(7-5-2)18-17-15(19)9-13(12(3)21)10-16(17)20(22)23;1-4-6-8-20-11-14(7-5-2)19-17-15(18)9-13(12(3)21)10-16(17)20;1-3-4-10-7-14-11-5-9(8(2)17)6-12(16(18)19)13(11)15-10;1-2-3-4-5/h5,9-10,14H,2,4,6-8,11H2,1,3H3,(H2,19,20);5,9-10,14,18H,2,4,6-8,11H2,1,3H3;5,9-10,14,19H,2,4,6-8,11,18H2,1,3H3;3,5-6,10,14-15H,1,4,7H2,2H3;2-4H2,1H3/t3*14-;10-;/m0000./s1. The van der Waals surface area contributed by atoms with Crippen LogP contribution in [0.25, 0.3) is 11.0 Å². The topological polar surface area (TPSA) is 282 Å². The van der Waals surface area contributed by atoms with Crippen LogP contribution < -0.4 is 47.4 Å². The Balaban J connectivity index is 0.000000215. The van der Waals surface area contributed by atoms with Gasteiger partial charge in [0.25, 0.3) is 11.4 Å². The molecule has 91 heavy (non-hydrogen) atoms. The second-order valence-electron chi connectivity index (χ2n) is 23.3. The molecule has 0 bridgehead atoms. The van der Waals surface area contributed by atoms with Gasteiger partial charge in [-0.25, -0.2) is 4.98 Å². The number of ketones is 4. The number of nitro benzene ring substituents is 2. The number of hydrogen-bond acceptors (Lipinski definition) is 18. The minimum Gasteiger partial charge on any atom is -0.397 e. The Morgan fingerprint density at radius 1 is 0.571 bits per heavy atom. The number of unbranched alkanes of at least 4 members (excludes halogenated alkanes) is 4. The molecule has 0 fully saturated rings. The number of nitro groups is 2. The van der Waals surface area contributed by atoms with Crippen molar-refractivity contribution in [1.29, 1.82) is 0 Å². The summed E-state index contributed by atoms with van der Waals surface area (Å²) in [6, 6.07) is 14.3. The summed E-state index contributed by atoms with van der Waals surface area (Å²) in [5.41, 5.74) is 22.2. The number of fused-ring (bicyclic) bond motifs is 3. The maximum Gasteiger partial charge on any atom is 0.295 e. The van der Waals surface area contributed by atoms with E-state index in [1.165, 1.54) is 38.8 Å². The lowest BCUT2D eigenvalue weighted by Crippen LogP contribution is -2.42. The number of nitrogens with two attached hydrogens (primary N) is 2. The van der Waals surface area contributed by atoms with Gasteiger partial charge in [0, 0.05) is 104 Å². The van der Waals surface area contributed by atoms with E-state index in [-0.39, 0.29) is 52.6 Å². The van der Waals surface area contributed by atoms with Crippen LogP contribution in [0.15, 0.2) is 99.2 Å². The first-order valence-corrected chi connectivity index (χ1v) is 32.9. The average molecular weight is 1320 g/mol. The third kappa shape index (κ3) is 19.5. The van der Waals surface area contributed by atoms with Gasteiger partial charge >= 0.3 is 0 Å². The molecule has 4 aromatic carbocycles. The predicted octanol–water partition coefficient (Wildman–Crippen LogP) is 15.5. The average Bonchev–Trinajstić information content (AvgIpc) is 1.66. The van der Waals surface area contributed by atoms with Crippen molar-refractivity contribution in [2.24, 2.45) is 0 Å². The van der Waals surface area contributed by atoms with E-state index >= 15 is 0 Å². The third-order valence-electron chi connectivity index (χ3n) is 16.1. The van der Waals surface area contributed by atoms with Crippen LogP contribution in [0, 0.1) is 20.2 Å². The number of alkyl halides is 1. The van der Waals surface area contributed by atoms with E-state index in [0.717, 1.165) is 136 Å². The summed E-state index contributed by atoms with van der Waals surface area (Å²) < 4.78 is 2.11. The van der Waals surface area contributed by atoms with Crippen molar-refractivity contribution in [3.05, 3.63) is 142 Å². The van der Waals surface area contributed by atoms with E-state index in [1.54, 1.807) is 38.1 Å². The van der Waals surface area contributed by atoms with Gasteiger partial charge in [-0.1, -0.05) is 93.6 Å². The fraction of sp³-hybridized carbons (Fsp3) is 0.464. The number of allylic oxidation sites excluding steroid dienone is 1. The van der Waals surface area contributed by atoms with Crippen molar-refractivity contribution in [3.63, 3.8) is 0 Å². The highest BCUT2D eigenvalue weighted by molar-refractivity contribution is 9.09. The van der Waals surface area contributed by atoms with E-state index in [1.807, 2.05) is 36.4 Å². The van der Waals surface area contributed by atoms with Crippen molar-refractivity contribution in [1.82, 2.24) is 9.55 Å². The first-order chi connectivity index (χ1) is 43.5. The summed E-state index contributed by atoms with van der Waals surface area (Å²) in [6.45, 7) is 35.7. The zero-order valence-electron chi connectivity index (χ0n) is 54.6. The molecule has 22 heteroatoms. The van der Waals surface area contributed by atoms with Gasteiger partial charge in [0.05, 0.1) is 61.0 Å². The summed E-state index contributed by atoms with van der Waals surface area (Å²) in [5, 5.41) is 36.7. The highest BCUT2D eigenvalue weighted by Crippen LogP contribution is 2.43. The van der Waals surface area contributed by atoms with Gasteiger partial charge in [-0.2, -0.15) is 0 Å². The minimum absolute atomic E-state index is 0.0389. The Hall–Kier alpha value is -8.53. The van der Waals surface area contributed by atoms with Gasteiger partial charge in [0.15, 0.2) is 23.1 Å². The van der Waals surface area contributed by atoms with Crippen LogP contribution in [0.2, 0.25) is 0 Å². The zero-order valence-corrected chi connectivity index (χ0v) is 56.2. The number of benzene rings is 4. The summed E-state index contributed by atoms with van der Waals surface area (Å²) in [6.07, 6.45) is 19.8. The van der Waals surface area contributed by atoms with E-state index < -0.39 is 9.85 Å². The maximum atomic E-state index is 11.9. The smallest absolute Gasteiger partial charge is 0.295 e.